The number of nitrogens with zero attached hydrogens (tertiary/aromatic N) is 5. The second-order valence-electron chi connectivity index (χ2n) is 11.4. The van der Waals surface area contributed by atoms with Gasteiger partial charge < -0.3 is 18.4 Å². The van der Waals surface area contributed by atoms with Crippen LogP contribution in [0.15, 0.2) is 91.1 Å². The van der Waals surface area contributed by atoms with E-state index in [1.54, 1.807) is 12.1 Å². The summed E-state index contributed by atoms with van der Waals surface area (Å²) in [5.74, 6) is 1.78. The SMILES string of the molecule is [C-]#[N+]c1cc(Oc2[c-]c3c(cc2)c2ccccc2n3-c2cc(C(C)(C)C)ccn2)[c-]c(-[n+]2[c-]n(C)c3ccccc32)c1.[Pt]. The van der Waals surface area contributed by atoms with Crippen LogP contribution in [0.5, 0.6) is 11.5 Å². The molecule has 4 aromatic carbocycles. The van der Waals surface area contributed by atoms with Gasteiger partial charge in [0.15, 0.2) is 0 Å². The fourth-order valence-electron chi connectivity index (χ4n) is 5.43. The Hall–Kier alpha value is -4.72. The third-order valence-corrected chi connectivity index (χ3v) is 7.54. The third-order valence-electron chi connectivity index (χ3n) is 7.54. The molecule has 3 heterocycles. The van der Waals surface area contributed by atoms with Crippen molar-refractivity contribution in [2.45, 2.75) is 26.2 Å². The molecule has 3 aromatic heterocycles. The number of aromatic nitrogens is 4. The second-order valence-corrected chi connectivity index (χ2v) is 11.4. The average molecular weight is 741 g/mol. The van der Waals surface area contributed by atoms with Gasteiger partial charge in [0, 0.05) is 38.5 Å². The summed E-state index contributed by atoms with van der Waals surface area (Å²) in [7, 11) is 1.95. The molecule has 6 nitrogen and oxygen atoms in total. The molecule has 0 fully saturated rings. The van der Waals surface area contributed by atoms with E-state index >= 15 is 0 Å². The summed E-state index contributed by atoms with van der Waals surface area (Å²) in [4.78, 5) is 8.46. The van der Waals surface area contributed by atoms with Crippen molar-refractivity contribution in [3.8, 4) is 23.0 Å². The standard InChI is InChI=1S/C36H27N5O.Pt/c1-36(2,3)24-16-17-38-35(18-24)41-31-11-7-6-10-29(31)30-15-14-27(22-34(30)41)42-28-20-25(37-4)19-26(21-28)40-23-39(5)32-12-8-9-13-33(32)40;/h6-20H,1-3,5H3;/q-2;. The third kappa shape index (κ3) is 5.01. The molecule has 0 unspecified atom stereocenters. The zero-order valence-corrected chi connectivity index (χ0v) is 26.4. The summed E-state index contributed by atoms with van der Waals surface area (Å²) in [6.07, 6.45) is 5.18. The van der Waals surface area contributed by atoms with Crippen molar-refractivity contribution in [2.24, 2.45) is 7.05 Å². The molecule has 7 rings (SSSR count). The quantitative estimate of drug-likeness (QED) is 0.136. The van der Waals surface area contributed by atoms with Gasteiger partial charge in [0.05, 0.1) is 30.3 Å². The van der Waals surface area contributed by atoms with E-state index in [0.717, 1.165) is 38.7 Å². The Kier molecular flexibility index (Phi) is 7.16. The minimum atomic E-state index is -0.0184. The zero-order valence-electron chi connectivity index (χ0n) is 24.1. The van der Waals surface area contributed by atoms with Gasteiger partial charge >= 0.3 is 0 Å². The topological polar surface area (TPSA) is 40.2 Å². The Morgan fingerprint density at radius 2 is 1.63 bits per heavy atom. The van der Waals surface area contributed by atoms with E-state index in [1.165, 1.54) is 5.56 Å². The summed E-state index contributed by atoms with van der Waals surface area (Å²) in [6.45, 7) is 14.3. The Morgan fingerprint density at radius 1 is 0.860 bits per heavy atom. The first-order valence-corrected chi connectivity index (χ1v) is 13.7. The summed E-state index contributed by atoms with van der Waals surface area (Å²) in [5.41, 5.74) is 6.21. The molecule has 0 bridgehead atoms. The van der Waals surface area contributed by atoms with Crippen LogP contribution in [0, 0.1) is 25.0 Å². The number of hydrogen-bond acceptors (Lipinski definition) is 2. The molecule has 0 atom stereocenters. The number of ether oxygens (including phenoxy) is 1. The van der Waals surface area contributed by atoms with Crippen LogP contribution in [0.4, 0.5) is 5.69 Å². The zero-order chi connectivity index (χ0) is 29.0. The van der Waals surface area contributed by atoms with Crippen LogP contribution in [0.1, 0.15) is 26.3 Å². The van der Waals surface area contributed by atoms with Gasteiger partial charge in [0.2, 0.25) is 6.33 Å². The first-order valence-electron chi connectivity index (χ1n) is 13.7. The number of benzene rings is 4. The smallest absolute Gasteiger partial charge is 0.242 e. The van der Waals surface area contributed by atoms with Gasteiger partial charge in [0.1, 0.15) is 5.82 Å². The monoisotopic (exact) mass is 740 g/mol. The summed E-state index contributed by atoms with van der Waals surface area (Å²) < 4.78 is 12.3. The number of fused-ring (bicyclic) bond motifs is 4. The van der Waals surface area contributed by atoms with E-state index in [4.69, 9.17) is 16.3 Å². The van der Waals surface area contributed by atoms with E-state index in [-0.39, 0.29) is 26.5 Å². The van der Waals surface area contributed by atoms with Crippen LogP contribution in [-0.4, -0.2) is 14.1 Å². The number of para-hydroxylation sites is 3. The van der Waals surface area contributed by atoms with E-state index in [1.807, 2.05) is 64.8 Å². The maximum atomic E-state index is 7.71. The van der Waals surface area contributed by atoms with Gasteiger partial charge in [-0.3, -0.25) is 4.85 Å². The number of pyridine rings is 1. The molecule has 0 aliphatic heterocycles. The van der Waals surface area contributed by atoms with Gasteiger partial charge in [-0.1, -0.05) is 74.4 Å². The minimum absolute atomic E-state index is 0. The fraction of sp³-hybridized carbons (Fsp3) is 0.139. The second kappa shape index (κ2) is 10.8. The summed E-state index contributed by atoms with van der Waals surface area (Å²) >= 11 is 0. The molecule has 43 heavy (non-hydrogen) atoms. The number of hydrogen-bond donors (Lipinski definition) is 0. The summed E-state index contributed by atoms with van der Waals surface area (Å²) in [5, 5.41) is 2.17. The van der Waals surface area contributed by atoms with Crippen molar-refractivity contribution in [2.75, 3.05) is 0 Å². The van der Waals surface area contributed by atoms with Crippen molar-refractivity contribution in [3.05, 3.63) is 127 Å². The number of imidazole rings is 1. The fourth-order valence-corrected chi connectivity index (χ4v) is 5.43. The Bertz CT molecular complexity index is 2200. The normalized spacial score (nSPS) is 11.5. The van der Waals surface area contributed by atoms with Crippen LogP contribution in [0.3, 0.4) is 0 Å². The van der Waals surface area contributed by atoms with Crippen molar-refractivity contribution in [1.29, 1.82) is 0 Å². The number of aryl methyl sites for hydroxylation is 1. The van der Waals surface area contributed by atoms with Crippen LogP contribution in [-0.2, 0) is 33.5 Å². The first kappa shape index (κ1) is 28.4. The van der Waals surface area contributed by atoms with Crippen molar-refractivity contribution in [3.63, 3.8) is 0 Å². The minimum Gasteiger partial charge on any atom is -0.511 e. The predicted molar refractivity (Wildman–Crippen MR) is 165 cm³/mol. The first-order chi connectivity index (χ1) is 20.3. The van der Waals surface area contributed by atoms with Crippen LogP contribution in [0.2, 0.25) is 0 Å². The predicted octanol–water partition coefficient (Wildman–Crippen LogP) is 7.99. The van der Waals surface area contributed by atoms with E-state index in [2.05, 4.69) is 79.0 Å². The van der Waals surface area contributed by atoms with Gasteiger partial charge in [-0.2, -0.15) is 12.1 Å². The van der Waals surface area contributed by atoms with Gasteiger partial charge in [-0.15, -0.1) is 29.7 Å². The van der Waals surface area contributed by atoms with Crippen LogP contribution in [0.25, 0.3) is 49.2 Å². The van der Waals surface area contributed by atoms with Gasteiger partial charge in [-0.05, 0) is 40.3 Å². The van der Waals surface area contributed by atoms with Crippen molar-refractivity contribution < 1.29 is 30.4 Å². The summed E-state index contributed by atoms with van der Waals surface area (Å²) in [6, 6.07) is 34.9. The van der Waals surface area contributed by atoms with Crippen molar-refractivity contribution in [1.82, 2.24) is 14.1 Å². The van der Waals surface area contributed by atoms with Crippen LogP contribution >= 0.6 is 0 Å². The van der Waals surface area contributed by atoms with Crippen molar-refractivity contribution >= 4 is 38.5 Å². The molecular formula is C36H27N5OPt-2. The maximum Gasteiger partial charge on any atom is 0.242 e. The molecule has 0 saturated heterocycles. The molecule has 0 radical (unpaired) electrons. The molecule has 7 aromatic rings. The van der Waals surface area contributed by atoms with Crippen LogP contribution < -0.4 is 9.30 Å². The molecule has 0 aliphatic rings. The Labute approximate surface area is 264 Å². The maximum absolute atomic E-state index is 7.71. The van der Waals surface area contributed by atoms with E-state index in [0.29, 0.717) is 22.9 Å². The largest absolute Gasteiger partial charge is 0.511 e. The van der Waals surface area contributed by atoms with Gasteiger partial charge in [-0.25, -0.2) is 4.98 Å². The Morgan fingerprint density at radius 3 is 2.42 bits per heavy atom. The van der Waals surface area contributed by atoms with Gasteiger partial charge in [0.25, 0.3) is 0 Å². The molecule has 0 saturated carbocycles. The molecule has 0 N–H and O–H groups in total. The molecule has 7 heteroatoms. The molecule has 0 aliphatic carbocycles. The average Bonchev–Trinajstić information content (AvgIpc) is 3.51. The molecule has 0 amide bonds. The molecule has 0 spiro atoms. The molecule has 214 valence electrons. The molecular weight excluding hydrogens is 714 g/mol. The van der Waals surface area contributed by atoms with E-state index in [9.17, 15) is 0 Å². The van der Waals surface area contributed by atoms with E-state index < -0.39 is 0 Å². The number of rotatable bonds is 4. The Balaban J connectivity index is 0.00000329.